The van der Waals surface area contributed by atoms with Gasteiger partial charge in [0.05, 0.1) is 10.6 Å². The molecule has 0 unspecified atom stereocenters. The van der Waals surface area contributed by atoms with E-state index in [1.807, 2.05) is 0 Å². The van der Waals surface area contributed by atoms with Crippen molar-refractivity contribution in [3.05, 3.63) is 62.1 Å². The van der Waals surface area contributed by atoms with E-state index >= 15 is 0 Å². The highest BCUT2D eigenvalue weighted by Crippen LogP contribution is 2.36. The van der Waals surface area contributed by atoms with Gasteiger partial charge in [0.1, 0.15) is 9.71 Å². The van der Waals surface area contributed by atoms with Crippen molar-refractivity contribution in [3.8, 4) is 0 Å². The molecule has 0 bridgehead atoms. The largest absolute Gasteiger partial charge is 0.397 e. The number of benzene rings is 1. The highest BCUT2D eigenvalue weighted by molar-refractivity contribution is 7.21. The summed E-state index contributed by atoms with van der Waals surface area (Å²) in [6.07, 6.45) is 4.26. The minimum absolute atomic E-state index is 0.0461. The number of pyridine rings is 1. The zero-order valence-corrected chi connectivity index (χ0v) is 14.1. The summed E-state index contributed by atoms with van der Waals surface area (Å²) in [5.74, 6) is -0.228. The quantitative estimate of drug-likeness (QED) is 0.437. The number of fused-ring (bicyclic) bond motifs is 2. The van der Waals surface area contributed by atoms with E-state index in [0.717, 1.165) is 41.6 Å². The number of thiophene rings is 1. The van der Waals surface area contributed by atoms with Crippen LogP contribution in [-0.4, -0.2) is 15.7 Å². The first-order valence-corrected chi connectivity index (χ1v) is 8.86. The number of nitro benzene ring substituents is 1. The Morgan fingerprint density at radius 3 is 2.64 bits per heavy atom. The molecule has 2 heterocycles. The molecule has 2 N–H and O–H groups in total. The number of non-ortho nitro benzene ring substituents is 1. The van der Waals surface area contributed by atoms with E-state index in [1.54, 1.807) is 0 Å². The molecule has 25 heavy (non-hydrogen) atoms. The predicted octanol–water partition coefficient (Wildman–Crippen LogP) is 3.90. The van der Waals surface area contributed by atoms with E-state index in [1.165, 1.54) is 41.2 Å². The van der Waals surface area contributed by atoms with Gasteiger partial charge in [0.25, 0.3) is 5.69 Å². The van der Waals surface area contributed by atoms with Gasteiger partial charge in [0.15, 0.2) is 0 Å². The Morgan fingerprint density at radius 2 is 1.92 bits per heavy atom. The first-order chi connectivity index (χ1) is 12.0. The van der Waals surface area contributed by atoms with Crippen molar-refractivity contribution in [2.24, 2.45) is 0 Å². The number of nitrogens with two attached hydrogens (primary N) is 1. The van der Waals surface area contributed by atoms with E-state index in [2.05, 4.69) is 6.07 Å². The Morgan fingerprint density at radius 1 is 1.20 bits per heavy atom. The van der Waals surface area contributed by atoms with Gasteiger partial charge in [0.2, 0.25) is 5.78 Å². The van der Waals surface area contributed by atoms with Crippen molar-refractivity contribution in [3.63, 3.8) is 0 Å². The van der Waals surface area contributed by atoms with Crippen LogP contribution in [0.1, 0.15) is 39.3 Å². The summed E-state index contributed by atoms with van der Waals surface area (Å²) in [4.78, 5) is 29.0. The molecule has 126 valence electrons. The predicted molar refractivity (Wildman–Crippen MR) is 97.2 cm³/mol. The topological polar surface area (TPSA) is 99.1 Å². The lowest BCUT2D eigenvalue weighted by molar-refractivity contribution is -0.384. The number of nitrogen functional groups attached to an aromatic ring is 1. The monoisotopic (exact) mass is 353 g/mol. The molecule has 1 aliphatic carbocycles. The van der Waals surface area contributed by atoms with Gasteiger partial charge >= 0.3 is 0 Å². The van der Waals surface area contributed by atoms with Crippen LogP contribution in [0.15, 0.2) is 30.3 Å². The number of aromatic nitrogens is 1. The molecule has 2 aromatic heterocycles. The fraction of sp³-hybridized carbons (Fsp3) is 0.222. The Bertz CT molecular complexity index is 1010. The fourth-order valence-electron chi connectivity index (χ4n) is 3.19. The number of nitro groups is 1. The maximum absolute atomic E-state index is 12.8. The lowest BCUT2D eigenvalue weighted by atomic mass is 9.95. The lowest BCUT2D eigenvalue weighted by Crippen LogP contribution is -2.05. The molecule has 3 aromatic rings. The minimum Gasteiger partial charge on any atom is -0.397 e. The molecule has 6 nitrogen and oxygen atoms in total. The van der Waals surface area contributed by atoms with Gasteiger partial charge in [-0.2, -0.15) is 0 Å². The molecule has 0 amide bonds. The van der Waals surface area contributed by atoms with Crippen LogP contribution in [0.5, 0.6) is 0 Å². The van der Waals surface area contributed by atoms with Gasteiger partial charge in [-0.25, -0.2) is 4.98 Å². The first-order valence-electron chi connectivity index (χ1n) is 8.04. The third-order valence-corrected chi connectivity index (χ3v) is 5.66. The van der Waals surface area contributed by atoms with Crippen LogP contribution in [-0.2, 0) is 12.8 Å². The number of ketones is 1. The van der Waals surface area contributed by atoms with E-state index in [0.29, 0.717) is 16.1 Å². The van der Waals surface area contributed by atoms with Crippen molar-refractivity contribution >= 4 is 38.7 Å². The molecule has 0 saturated heterocycles. The molecule has 4 rings (SSSR count). The summed E-state index contributed by atoms with van der Waals surface area (Å²) in [6.45, 7) is 0. The van der Waals surface area contributed by atoms with Crippen LogP contribution in [0.25, 0.3) is 10.2 Å². The Hall–Kier alpha value is -2.80. The third kappa shape index (κ3) is 2.66. The number of aryl methyl sites for hydroxylation is 2. The Labute approximate surface area is 147 Å². The molecule has 0 aliphatic heterocycles. The number of nitrogens with zero attached hydrogens (tertiary/aromatic N) is 2. The summed E-state index contributed by atoms with van der Waals surface area (Å²) in [6, 6.07) is 7.64. The van der Waals surface area contributed by atoms with E-state index in [4.69, 9.17) is 10.7 Å². The lowest BCUT2D eigenvalue weighted by Gasteiger charge is -2.14. The van der Waals surface area contributed by atoms with Crippen LogP contribution in [0.2, 0.25) is 0 Å². The van der Waals surface area contributed by atoms with Gasteiger partial charge < -0.3 is 5.73 Å². The Kier molecular flexibility index (Phi) is 3.73. The zero-order valence-electron chi connectivity index (χ0n) is 13.3. The van der Waals surface area contributed by atoms with Crippen molar-refractivity contribution < 1.29 is 9.72 Å². The smallest absolute Gasteiger partial charge is 0.269 e. The van der Waals surface area contributed by atoms with E-state index in [-0.39, 0.29) is 11.5 Å². The minimum atomic E-state index is -0.490. The summed E-state index contributed by atoms with van der Waals surface area (Å²) in [5.41, 5.74) is 9.34. The van der Waals surface area contributed by atoms with Gasteiger partial charge in [0, 0.05) is 28.8 Å². The van der Waals surface area contributed by atoms with Crippen molar-refractivity contribution in [1.29, 1.82) is 0 Å². The van der Waals surface area contributed by atoms with Crippen molar-refractivity contribution in [1.82, 2.24) is 4.98 Å². The second-order valence-corrected chi connectivity index (χ2v) is 7.13. The van der Waals surface area contributed by atoms with Gasteiger partial charge in [-0.3, -0.25) is 14.9 Å². The zero-order chi connectivity index (χ0) is 17.6. The molecule has 1 aromatic carbocycles. The number of hydrogen-bond donors (Lipinski definition) is 1. The average molecular weight is 353 g/mol. The maximum atomic E-state index is 12.8. The number of rotatable bonds is 3. The highest BCUT2D eigenvalue weighted by atomic mass is 32.1. The van der Waals surface area contributed by atoms with Crippen LogP contribution < -0.4 is 5.73 Å². The van der Waals surface area contributed by atoms with Crippen LogP contribution >= 0.6 is 11.3 Å². The molecule has 1 aliphatic rings. The summed E-state index contributed by atoms with van der Waals surface area (Å²) >= 11 is 1.29. The molecular formula is C18H15N3O3S. The molecule has 0 fully saturated rings. The summed E-state index contributed by atoms with van der Waals surface area (Å²) in [5, 5.41) is 11.6. The van der Waals surface area contributed by atoms with E-state index in [9.17, 15) is 14.9 Å². The molecule has 7 heteroatoms. The highest BCUT2D eigenvalue weighted by Gasteiger charge is 2.21. The molecule has 0 radical (unpaired) electrons. The number of carbonyl (C=O) groups is 1. The molecular weight excluding hydrogens is 338 g/mol. The second kappa shape index (κ2) is 5.93. The fourth-order valence-corrected chi connectivity index (χ4v) is 4.25. The van der Waals surface area contributed by atoms with E-state index < -0.39 is 4.92 Å². The SMILES string of the molecule is Nc1c(C(=O)c2ccc([N+](=O)[O-])cc2)sc2nc3c(cc12)CCCC3. The van der Waals surface area contributed by atoms with Crippen LogP contribution in [0.3, 0.4) is 0 Å². The van der Waals surface area contributed by atoms with Gasteiger partial charge in [-0.05, 0) is 49.4 Å². The normalized spacial score (nSPS) is 13.6. The van der Waals surface area contributed by atoms with Crippen LogP contribution in [0, 0.1) is 10.1 Å². The number of carbonyl (C=O) groups excluding carboxylic acids is 1. The molecule has 0 atom stereocenters. The Balaban J connectivity index is 1.76. The summed E-state index contributed by atoms with van der Waals surface area (Å²) in [7, 11) is 0. The van der Waals surface area contributed by atoms with Crippen molar-refractivity contribution in [2.45, 2.75) is 25.7 Å². The van der Waals surface area contributed by atoms with Gasteiger partial charge in [-0.1, -0.05) is 0 Å². The van der Waals surface area contributed by atoms with Crippen molar-refractivity contribution in [2.75, 3.05) is 5.73 Å². The second-order valence-electron chi connectivity index (χ2n) is 6.13. The standard InChI is InChI=1S/C18H15N3O3S/c19-15-13-9-11-3-1-2-4-14(11)20-18(13)25-17(15)16(22)10-5-7-12(8-6-10)21(23)24/h5-9H,1-4,19H2. The molecule has 0 spiro atoms. The maximum Gasteiger partial charge on any atom is 0.269 e. The van der Waals surface area contributed by atoms with Crippen LogP contribution in [0.4, 0.5) is 11.4 Å². The average Bonchev–Trinajstić information content (AvgIpc) is 2.95. The summed E-state index contributed by atoms with van der Waals surface area (Å²) < 4.78 is 0. The first kappa shape index (κ1) is 15.7. The molecule has 0 saturated carbocycles. The number of hydrogen-bond acceptors (Lipinski definition) is 6. The third-order valence-electron chi connectivity index (χ3n) is 4.55. The number of anilines is 1. The van der Waals surface area contributed by atoms with Gasteiger partial charge in [-0.15, -0.1) is 11.3 Å².